The number of nitrogens with zero attached hydrogens (tertiary/aromatic N) is 5. The molecule has 0 fully saturated rings. The van der Waals surface area contributed by atoms with Gasteiger partial charge in [-0.15, -0.1) is 0 Å². The van der Waals surface area contributed by atoms with Crippen LogP contribution in [0.1, 0.15) is 5.56 Å². The second-order valence-corrected chi connectivity index (χ2v) is 6.07. The molecule has 7 nitrogen and oxygen atoms in total. The van der Waals surface area contributed by atoms with Crippen LogP contribution < -0.4 is 10.2 Å². The average molecular weight is 332 g/mol. The van der Waals surface area contributed by atoms with Crippen LogP contribution in [0, 0.1) is 0 Å². The van der Waals surface area contributed by atoms with Gasteiger partial charge in [0.1, 0.15) is 0 Å². The van der Waals surface area contributed by atoms with Crippen molar-refractivity contribution in [3.8, 4) is 0 Å². The van der Waals surface area contributed by atoms with Gasteiger partial charge in [-0.25, -0.2) is 15.0 Å². The number of anilines is 1. The van der Waals surface area contributed by atoms with E-state index in [0.29, 0.717) is 12.5 Å². The normalized spacial score (nSPS) is 10.9. The summed E-state index contributed by atoms with van der Waals surface area (Å²) in [5, 5.41) is 3.77. The lowest BCUT2D eigenvalue weighted by molar-refractivity contribution is -0.116. The van der Waals surface area contributed by atoms with Gasteiger partial charge in [-0.05, 0) is 6.08 Å². The molecule has 0 spiro atoms. The van der Waals surface area contributed by atoms with Gasteiger partial charge in [-0.2, -0.15) is 0 Å². The lowest BCUT2D eigenvalue weighted by Gasteiger charge is -2.08. The number of aromatic nitrogens is 4. The van der Waals surface area contributed by atoms with E-state index in [1.807, 2.05) is 36.8 Å². The molecule has 0 atom stereocenters. The molecule has 2 rings (SSSR count). The molecule has 1 N–H and O–H groups in total. The van der Waals surface area contributed by atoms with Gasteiger partial charge in [-0.1, -0.05) is 11.8 Å². The van der Waals surface area contributed by atoms with Gasteiger partial charge >= 0.3 is 0 Å². The third-order valence-corrected chi connectivity index (χ3v) is 3.95. The SMILES string of the molecule is CN(C)c1ncc(C=CC(=O)NCCSc2nccn2C)cn1. The second kappa shape index (κ2) is 8.33. The van der Waals surface area contributed by atoms with Gasteiger partial charge in [0, 0.05) is 69.9 Å². The van der Waals surface area contributed by atoms with Crippen molar-refractivity contribution in [3.63, 3.8) is 0 Å². The van der Waals surface area contributed by atoms with E-state index in [-0.39, 0.29) is 5.91 Å². The first kappa shape index (κ1) is 17.0. The van der Waals surface area contributed by atoms with E-state index in [4.69, 9.17) is 0 Å². The molecule has 0 aliphatic rings. The molecular weight excluding hydrogens is 312 g/mol. The van der Waals surface area contributed by atoms with Crippen molar-refractivity contribution < 1.29 is 4.79 Å². The Hall–Kier alpha value is -2.35. The quantitative estimate of drug-likeness (QED) is 0.466. The fraction of sp³-hybridized carbons (Fsp3) is 0.333. The number of hydrogen-bond donors (Lipinski definition) is 1. The molecule has 0 aliphatic heterocycles. The number of carbonyl (C=O) groups is 1. The number of amides is 1. The summed E-state index contributed by atoms with van der Waals surface area (Å²) >= 11 is 1.60. The summed E-state index contributed by atoms with van der Waals surface area (Å²) in [6.07, 6.45) is 10.2. The molecule has 0 bridgehead atoms. The Kier molecular flexibility index (Phi) is 6.16. The van der Waals surface area contributed by atoms with Crippen molar-refractivity contribution in [1.29, 1.82) is 0 Å². The van der Waals surface area contributed by atoms with Crippen LogP contribution in [-0.2, 0) is 11.8 Å². The van der Waals surface area contributed by atoms with Crippen molar-refractivity contribution in [2.24, 2.45) is 7.05 Å². The van der Waals surface area contributed by atoms with Crippen molar-refractivity contribution in [1.82, 2.24) is 24.8 Å². The number of hydrogen-bond acceptors (Lipinski definition) is 6. The third kappa shape index (κ3) is 5.41. The predicted octanol–water partition coefficient (Wildman–Crippen LogP) is 1.20. The zero-order valence-electron chi connectivity index (χ0n) is 13.4. The maximum Gasteiger partial charge on any atom is 0.244 e. The minimum absolute atomic E-state index is 0.137. The van der Waals surface area contributed by atoms with E-state index in [9.17, 15) is 4.79 Å². The Bertz CT molecular complexity index is 665. The molecule has 0 unspecified atom stereocenters. The Morgan fingerprint density at radius 1 is 1.35 bits per heavy atom. The fourth-order valence-corrected chi connectivity index (χ4v) is 2.47. The van der Waals surface area contributed by atoms with E-state index in [1.54, 1.807) is 36.4 Å². The largest absolute Gasteiger partial charge is 0.352 e. The van der Waals surface area contributed by atoms with Crippen LogP contribution in [0.15, 0.2) is 36.0 Å². The van der Waals surface area contributed by atoms with Gasteiger partial charge in [0.15, 0.2) is 5.16 Å². The number of aryl methyl sites for hydroxylation is 1. The lowest BCUT2D eigenvalue weighted by Crippen LogP contribution is -2.23. The first-order valence-electron chi connectivity index (χ1n) is 7.11. The van der Waals surface area contributed by atoms with Gasteiger partial charge in [0.2, 0.25) is 11.9 Å². The molecule has 0 radical (unpaired) electrons. The van der Waals surface area contributed by atoms with Gasteiger partial charge in [0.05, 0.1) is 0 Å². The van der Waals surface area contributed by atoms with E-state index in [0.717, 1.165) is 16.5 Å². The summed E-state index contributed by atoms with van der Waals surface area (Å²) in [5.74, 6) is 1.27. The highest BCUT2D eigenvalue weighted by Crippen LogP contribution is 2.12. The van der Waals surface area contributed by atoms with Crippen LogP contribution in [0.25, 0.3) is 6.08 Å². The van der Waals surface area contributed by atoms with Crippen LogP contribution in [-0.4, -0.2) is 51.8 Å². The van der Waals surface area contributed by atoms with E-state index in [2.05, 4.69) is 20.3 Å². The molecule has 0 saturated carbocycles. The summed E-state index contributed by atoms with van der Waals surface area (Å²) in [6.45, 7) is 0.580. The molecule has 0 saturated heterocycles. The van der Waals surface area contributed by atoms with Crippen molar-refractivity contribution >= 4 is 29.7 Å². The zero-order valence-corrected chi connectivity index (χ0v) is 14.2. The van der Waals surface area contributed by atoms with E-state index < -0.39 is 0 Å². The zero-order chi connectivity index (χ0) is 16.7. The number of imidazole rings is 1. The minimum atomic E-state index is -0.137. The molecule has 0 aromatic carbocycles. The highest BCUT2D eigenvalue weighted by atomic mass is 32.2. The highest BCUT2D eigenvalue weighted by Gasteiger charge is 2.01. The fourth-order valence-electron chi connectivity index (χ4n) is 1.69. The molecular formula is C15H20N6OS. The predicted molar refractivity (Wildman–Crippen MR) is 92.3 cm³/mol. The number of rotatable bonds is 7. The summed E-state index contributed by atoms with van der Waals surface area (Å²) in [5.41, 5.74) is 0.785. The summed E-state index contributed by atoms with van der Waals surface area (Å²) < 4.78 is 1.95. The Labute approximate surface area is 139 Å². The molecule has 23 heavy (non-hydrogen) atoms. The topological polar surface area (TPSA) is 75.9 Å². The number of nitrogens with one attached hydrogen (secondary N) is 1. The average Bonchev–Trinajstić information content (AvgIpc) is 2.95. The Morgan fingerprint density at radius 3 is 2.70 bits per heavy atom. The molecule has 2 aromatic rings. The molecule has 0 aliphatic carbocycles. The van der Waals surface area contributed by atoms with E-state index >= 15 is 0 Å². The maximum atomic E-state index is 11.7. The molecule has 1 amide bonds. The van der Waals surface area contributed by atoms with Crippen LogP contribution in [0.3, 0.4) is 0 Å². The summed E-state index contributed by atoms with van der Waals surface area (Å²) in [6, 6.07) is 0. The lowest BCUT2D eigenvalue weighted by atomic mass is 10.3. The van der Waals surface area contributed by atoms with Crippen molar-refractivity contribution in [2.45, 2.75) is 5.16 Å². The smallest absolute Gasteiger partial charge is 0.244 e. The third-order valence-electron chi connectivity index (χ3n) is 2.89. The second-order valence-electron chi connectivity index (χ2n) is 5.00. The standard InChI is InChI=1S/C15H20N6OS/c1-20(2)14-18-10-12(11-19-14)4-5-13(22)16-7-9-23-15-17-6-8-21(15)3/h4-6,8,10-11H,7,9H2,1-3H3,(H,16,22). The maximum absolute atomic E-state index is 11.7. The summed E-state index contributed by atoms with van der Waals surface area (Å²) in [7, 11) is 5.70. The summed E-state index contributed by atoms with van der Waals surface area (Å²) in [4.78, 5) is 26.1. The van der Waals surface area contributed by atoms with Crippen LogP contribution >= 0.6 is 11.8 Å². The molecule has 2 heterocycles. The van der Waals surface area contributed by atoms with Crippen molar-refractivity contribution in [2.75, 3.05) is 31.3 Å². The van der Waals surface area contributed by atoms with Gasteiger partial charge in [-0.3, -0.25) is 4.79 Å². The van der Waals surface area contributed by atoms with E-state index in [1.165, 1.54) is 6.08 Å². The number of carbonyl (C=O) groups excluding carboxylic acids is 1. The monoisotopic (exact) mass is 332 g/mol. The number of thioether (sulfide) groups is 1. The Morgan fingerprint density at radius 2 is 2.09 bits per heavy atom. The van der Waals surface area contributed by atoms with Gasteiger partial charge in [0.25, 0.3) is 0 Å². The Balaban J connectivity index is 1.72. The first-order valence-corrected chi connectivity index (χ1v) is 8.10. The van der Waals surface area contributed by atoms with Crippen LogP contribution in [0.2, 0.25) is 0 Å². The molecule has 2 aromatic heterocycles. The highest BCUT2D eigenvalue weighted by molar-refractivity contribution is 7.99. The van der Waals surface area contributed by atoms with Gasteiger partial charge < -0.3 is 14.8 Å². The van der Waals surface area contributed by atoms with Crippen LogP contribution in [0.4, 0.5) is 5.95 Å². The minimum Gasteiger partial charge on any atom is -0.352 e. The van der Waals surface area contributed by atoms with Crippen molar-refractivity contribution in [3.05, 3.63) is 36.4 Å². The first-order chi connectivity index (χ1) is 11.1. The molecule has 122 valence electrons. The molecule has 8 heteroatoms. The van der Waals surface area contributed by atoms with Crippen LogP contribution in [0.5, 0.6) is 0 Å².